The number of esters is 1. The van der Waals surface area contributed by atoms with Crippen molar-refractivity contribution in [2.24, 2.45) is 0 Å². The molecule has 0 radical (unpaired) electrons. The van der Waals surface area contributed by atoms with Crippen LogP contribution in [0.4, 0.5) is 0 Å². The summed E-state index contributed by atoms with van der Waals surface area (Å²) < 4.78 is 7.30. The van der Waals surface area contributed by atoms with Crippen LogP contribution >= 0.6 is 0 Å². The molecule has 0 unspecified atom stereocenters. The van der Waals surface area contributed by atoms with E-state index in [1.54, 1.807) is 6.07 Å². The first-order valence-corrected chi connectivity index (χ1v) is 11.9. The first kappa shape index (κ1) is 22.0. The van der Waals surface area contributed by atoms with Crippen LogP contribution in [0.15, 0.2) is 72.8 Å². The Bertz CT molecular complexity index is 1510. The van der Waals surface area contributed by atoms with Gasteiger partial charge in [-0.05, 0) is 59.0 Å². The standard InChI is InChI=1S/C30H29NO3/c1-3-4-5-10-20-17-26-29(27(32)18-20)28-24(30(33)34-2)15-9-16-25(28)31(26)19-22-13-8-12-21-11-6-7-14-23(21)22/h6-9,11-18,32H,3-5,10,19H2,1-2H3. The van der Waals surface area contributed by atoms with Gasteiger partial charge in [0.15, 0.2) is 0 Å². The number of rotatable bonds is 7. The number of carbonyl (C=O) groups excluding carboxylic acids is 1. The average Bonchev–Trinajstić information content (AvgIpc) is 3.18. The molecule has 172 valence electrons. The molecular formula is C30H29NO3. The number of ether oxygens (including phenoxy) is 1. The number of aromatic hydroxyl groups is 1. The fraction of sp³-hybridized carbons (Fsp3) is 0.233. The van der Waals surface area contributed by atoms with E-state index in [9.17, 15) is 9.90 Å². The monoisotopic (exact) mass is 451 g/mol. The molecule has 0 aliphatic heterocycles. The molecule has 1 heterocycles. The first-order valence-electron chi connectivity index (χ1n) is 11.9. The van der Waals surface area contributed by atoms with Crippen molar-refractivity contribution in [1.82, 2.24) is 4.57 Å². The molecule has 0 amide bonds. The van der Waals surface area contributed by atoms with Gasteiger partial charge in [0, 0.05) is 11.9 Å². The predicted octanol–water partition coefficient (Wildman–Crippen LogP) is 7.22. The lowest BCUT2D eigenvalue weighted by Gasteiger charge is -2.12. The molecular weight excluding hydrogens is 422 g/mol. The van der Waals surface area contributed by atoms with Crippen molar-refractivity contribution < 1.29 is 14.6 Å². The summed E-state index contributed by atoms with van der Waals surface area (Å²) in [6.07, 6.45) is 4.30. The van der Waals surface area contributed by atoms with Gasteiger partial charge in [-0.15, -0.1) is 0 Å². The highest BCUT2D eigenvalue weighted by Gasteiger charge is 2.21. The van der Waals surface area contributed by atoms with Gasteiger partial charge in [-0.25, -0.2) is 4.79 Å². The van der Waals surface area contributed by atoms with Crippen LogP contribution in [-0.4, -0.2) is 22.8 Å². The maximum atomic E-state index is 12.7. The predicted molar refractivity (Wildman–Crippen MR) is 139 cm³/mol. The quantitative estimate of drug-likeness (QED) is 0.210. The van der Waals surface area contributed by atoms with E-state index in [0.29, 0.717) is 17.5 Å². The summed E-state index contributed by atoms with van der Waals surface area (Å²) in [7, 11) is 1.39. The lowest BCUT2D eigenvalue weighted by molar-refractivity contribution is 0.0603. The summed E-state index contributed by atoms with van der Waals surface area (Å²) in [4.78, 5) is 12.7. The molecule has 4 heteroatoms. The zero-order chi connectivity index (χ0) is 23.7. The topological polar surface area (TPSA) is 51.5 Å². The Morgan fingerprint density at radius 1 is 0.912 bits per heavy atom. The molecule has 4 nitrogen and oxygen atoms in total. The SMILES string of the molecule is CCCCCc1cc(O)c2c3c(C(=O)OC)cccc3n(Cc3cccc4ccccc34)c2c1. The highest BCUT2D eigenvalue weighted by Crippen LogP contribution is 2.39. The van der Waals surface area contributed by atoms with Crippen LogP contribution < -0.4 is 0 Å². The van der Waals surface area contributed by atoms with E-state index in [1.165, 1.54) is 23.4 Å². The maximum absolute atomic E-state index is 12.7. The second-order valence-electron chi connectivity index (χ2n) is 8.88. The van der Waals surface area contributed by atoms with E-state index in [2.05, 4.69) is 60.0 Å². The number of hydrogen-bond acceptors (Lipinski definition) is 3. The molecule has 0 aliphatic rings. The highest BCUT2D eigenvalue weighted by molar-refractivity contribution is 6.19. The number of hydrogen-bond donors (Lipinski definition) is 1. The van der Waals surface area contributed by atoms with E-state index < -0.39 is 5.97 Å². The molecule has 0 atom stereocenters. The van der Waals surface area contributed by atoms with E-state index in [1.807, 2.05) is 18.2 Å². The number of aryl methyl sites for hydroxylation is 1. The van der Waals surface area contributed by atoms with Crippen molar-refractivity contribution in [3.63, 3.8) is 0 Å². The molecule has 5 aromatic rings. The second kappa shape index (κ2) is 9.22. The van der Waals surface area contributed by atoms with Crippen molar-refractivity contribution in [3.05, 3.63) is 89.5 Å². The van der Waals surface area contributed by atoms with Crippen LogP contribution in [0.1, 0.15) is 47.7 Å². The largest absolute Gasteiger partial charge is 0.507 e. The average molecular weight is 452 g/mol. The fourth-order valence-corrected chi connectivity index (χ4v) is 5.07. The molecule has 0 spiro atoms. The Kier molecular flexibility index (Phi) is 5.97. The summed E-state index contributed by atoms with van der Waals surface area (Å²) in [5, 5.41) is 15.0. The van der Waals surface area contributed by atoms with Gasteiger partial charge in [0.25, 0.3) is 0 Å². The molecule has 0 fully saturated rings. The molecule has 0 saturated carbocycles. The van der Waals surface area contributed by atoms with Crippen LogP contribution in [0.2, 0.25) is 0 Å². The first-order chi connectivity index (χ1) is 16.6. The third-order valence-electron chi connectivity index (χ3n) is 6.71. The number of fused-ring (bicyclic) bond motifs is 4. The van der Waals surface area contributed by atoms with E-state index in [0.717, 1.165) is 47.7 Å². The van der Waals surface area contributed by atoms with Gasteiger partial charge in [-0.1, -0.05) is 68.3 Å². The normalized spacial score (nSPS) is 11.5. The summed E-state index contributed by atoms with van der Waals surface area (Å²) in [5.74, 6) is -0.191. The Labute approximate surface area is 199 Å². The van der Waals surface area contributed by atoms with Gasteiger partial charge < -0.3 is 14.4 Å². The van der Waals surface area contributed by atoms with Crippen molar-refractivity contribution in [2.75, 3.05) is 7.11 Å². The zero-order valence-corrected chi connectivity index (χ0v) is 19.7. The summed E-state index contributed by atoms with van der Waals surface area (Å²) in [5.41, 5.74) is 4.62. The number of unbranched alkanes of at least 4 members (excludes halogenated alkanes) is 2. The Balaban J connectivity index is 1.78. The van der Waals surface area contributed by atoms with Crippen LogP contribution in [0.3, 0.4) is 0 Å². The molecule has 0 aliphatic carbocycles. The molecule has 5 rings (SSSR count). The van der Waals surface area contributed by atoms with Gasteiger partial charge in [0.05, 0.1) is 29.1 Å². The number of aromatic nitrogens is 1. The lowest BCUT2D eigenvalue weighted by atomic mass is 10.0. The third-order valence-corrected chi connectivity index (χ3v) is 6.71. The number of nitrogens with zero attached hydrogens (tertiary/aromatic N) is 1. The fourth-order valence-electron chi connectivity index (χ4n) is 5.07. The van der Waals surface area contributed by atoms with Crippen LogP contribution in [0, 0.1) is 0 Å². The van der Waals surface area contributed by atoms with Crippen molar-refractivity contribution in [1.29, 1.82) is 0 Å². The van der Waals surface area contributed by atoms with Crippen LogP contribution in [0.25, 0.3) is 32.6 Å². The molecule has 4 aromatic carbocycles. The molecule has 34 heavy (non-hydrogen) atoms. The highest BCUT2D eigenvalue weighted by atomic mass is 16.5. The van der Waals surface area contributed by atoms with Gasteiger partial charge in [-0.3, -0.25) is 0 Å². The summed E-state index contributed by atoms with van der Waals surface area (Å²) >= 11 is 0. The van der Waals surface area contributed by atoms with E-state index in [4.69, 9.17) is 4.74 Å². The van der Waals surface area contributed by atoms with E-state index in [-0.39, 0.29) is 5.75 Å². The molecule has 0 saturated heterocycles. The smallest absolute Gasteiger partial charge is 0.338 e. The van der Waals surface area contributed by atoms with Crippen LogP contribution in [-0.2, 0) is 17.7 Å². The van der Waals surface area contributed by atoms with Crippen molar-refractivity contribution in [3.8, 4) is 5.75 Å². The maximum Gasteiger partial charge on any atom is 0.338 e. The van der Waals surface area contributed by atoms with Gasteiger partial charge in [0.2, 0.25) is 0 Å². The summed E-state index contributed by atoms with van der Waals surface area (Å²) in [6.45, 7) is 2.82. The van der Waals surface area contributed by atoms with Crippen molar-refractivity contribution in [2.45, 2.75) is 39.2 Å². The number of methoxy groups -OCH3 is 1. The number of benzene rings is 4. The number of carbonyl (C=O) groups is 1. The van der Waals surface area contributed by atoms with Crippen molar-refractivity contribution >= 4 is 38.5 Å². The van der Waals surface area contributed by atoms with E-state index >= 15 is 0 Å². The molecule has 1 N–H and O–H groups in total. The minimum Gasteiger partial charge on any atom is -0.507 e. The summed E-state index contributed by atoms with van der Waals surface area (Å²) in [6, 6.07) is 24.4. The third kappa shape index (κ3) is 3.79. The Morgan fingerprint density at radius 2 is 1.71 bits per heavy atom. The Hall–Kier alpha value is -3.79. The van der Waals surface area contributed by atoms with Gasteiger partial charge in [0.1, 0.15) is 5.75 Å². The molecule has 0 bridgehead atoms. The Morgan fingerprint density at radius 3 is 2.53 bits per heavy atom. The van der Waals surface area contributed by atoms with Crippen LogP contribution in [0.5, 0.6) is 5.75 Å². The second-order valence-corrected chi connectivity index (χ2v) is 8.88. The van der Waals surface area contributed by atoms with Gasteiger partial charge >= 0.3 is 5.97 Å². The number of phenolic OH excluding ortho intramolecular Hbond substituents is 1. The zero-order valence-electron chi connectivity index (χ0n) is 19.7. The lowest BCUT2D eigenvalue weighted by Crippen LogP contribution is -2.03. The van der Waals surface area contributed by atoms with Gasteiger partial charge in [-0.2, -0.15) is 0 Å². The minimum absolute atomic E-state index is 0.210. The molecule has 1 aromatic heterocycles. The number of phenols is 1. The minimum atomic E-state index is -0.402.